The van der Waals surface area contributed by atoms with E-state index in [1.165, 1.54) is 28.6 Å². The van der Waals surface area contributed by atoms with E-state index in [9.17, 15) is 26.4 Å². The molecule has 0 unspecified atom stereocenters. The van der Waals surface area contributed by atoms with E-state index in [-0.39, 0.29) is 42.1 Å². The lowest BCUT2D eigenvalue weighted by Crippen LogP contribution is -2.44. The monoisotopic (exact) mass is 510 g/mol. The van der Waals surface area contributed by atoms with Crippen LogP contribution in [-0.4, -0.2) is 59.7 Å². The van der Waals surface area contributed by atoms with Crippen LogP contribution in [0.25, 0.3) is 10.9 Å². The molecule has 1 N–H and O–H groups in total. The number of alkyl halides is 3. The van der Waals surface area contributed by atoms with Gasteiger partial charge in [-0.05, 0) is 55.7 Å². The molecular formula is C23H25F3N4O4S. The van der Waals surface area contributed by atoms with Gasteiger partial charge in [0.2, 0.25) is 15.9 Å². The molecule has 0 spiro atoms. The summed E-state index contributed by atoms with van der Waals surface area (Å²) in [5, 5.41) is 7.50. The quantitative estimate of drug-likeness (QED) is 0.520. The molecule has 12 heteroatoms. The number of halogens is 3. The molecule has 0 atom stereocenters. The number of amides is 1. The third-order valence-corrected chi connectivity index (χ3v) is 7.97. The molecule has 1 amide bonds. The molecule has 0 saturated carbocycles. The van der Waals surface area contributed by atoms with Crippen molar-refractivity contribution in [3.05, 3.63) is 54.2 Å². The van der Waals surface area contributed by atoms with Crippen molar-refractivity contribution < 1.29 is 31.1 Å². The summed E-state index contributed by atoms with van der Waals surface area (Å²) in [6.45, 7) is 2.93. The van der Waals surface area contributed by atoms with E-state index in [2.05, 4.69) is 14.9 Å². The summed E-state index contributed by atoms with van der Waals surface area (Å²) in [5.41, 5.74) is 1.30. The molecule has 0 radical (unpaired) electrons. The van der Waals surface area contributed by atoms with Gasteiger partial charge in [-0.25, -0.2) is 8.42 Å². The molecular weight excluding hydrogens is 485 g/mol. The first-order valence-corrected chi connectivity index (χ1v) is 12.6. The number of H-pyrrole nitrogens is 1. The summed E-state index contributed by atoms with van der Waals surface area (Å²) in [4.78, 5) is 14.9. The average Bonchev–Trinajstić information content (AvgIpc) is 3.30. The summed E-state index contributed by atoms with van der Waals surface area (Å²) in [6, 6.07) is 10.2. The Bertz CT molecular complexity index is 1280. The van der Waals surface area contributed by atoms with Gasteiger partial charge in [-0.1, -0.05) is 12.1 Å². The van der Waals surface area contributed by atoms with Crippen molar-refractivity contribution in [2.45, 2.75) is 37.6 Å². The number of fused-ring (bicyclic) bond motifs is 1. The number of hydrogen-bond donors (Lipinski definition) is 1. The Hall–Kier alpha value is -3.12. The van der Waals surface area contributed by atoms with Crippen molar-refractivity contribution in [2.24, 2.45) is 5.92 Å². The number of ether oxygens (including phenoxy) is 1. The standard InChI is InChI=1S/C23H25F3N4O4S/c1-2-29(15-16-3-6-19(7-4-16)34-23(24,25)26)22(31)17-9-11-30(12-10-17)35(32,33)20-8-5-18-14-27-28-21(18)13-20/h3-8,13-14,17H,2,9-12,15H2,1H3,(H,27,28). The SMILES string of the molecule is CCN(Cc1ccc(OC(F)(F)F)cc1)C(=O)C1CCN(S(=O)(=O)c2ccc3cn[nH]c3c2)CC1. The van der Waals surface area contributed by atoms with Crippen LogP contribution in [0, 0.1) is 5.92 Å². The lowest BCUT2D eigenvalue weighted by molar-refractivity contribution is -0.274. The lowest BCUT2D eigenvalue weighted by atomic mass is 9.96. The number of carbonyl (C=O) groups is 1. The summed E-state index contributed by atoms with van der Waals surface area (Å²) in [7, 11) is -3.70. The van der Waals surface area contributed by atoms with Crippen LogP contribution >= 0.6 is 0 Å². The minimum Gasteiger partial charge on any atom is -0.406 e. The van der Waals surface area contributed by atoms with E-state index in [0.29, 0.717) is 30.5 Å². The number of nitrogens with one attached hydrogen (secondary N) is 1. The van der Waals surface area contributed by atoms with Crippen molar-refractivity contribution >= 4 is 26.8 Å². The lowest BCUT2D eigenvalue weighted by Gasteiger charge is -2.33. The number of aromatic amines is 1. The smallest absolute Gasteiger partial charge is 0.406 e. The van der Waals surface area contributed by atoms with Crippen molar-refractivity contribution in [1.82, 2.24) is 19.4 Å². The third-order valence-electron chi connectivity index (χ3n) is 6.08. The molecule has 8 nitrogen and oxygen atoms in total. The van der Waals surface area contributed by atoms with Gasteiger partial charge < -0.3 is 9.64 Å². The number of carbonyl (C=O) groups excluding carboxylic acids is 1. The molecule has 2 heterocycles. The molecule has 0 aliphatic carbocycles. The Kier molecular flexibility index (Phi) is 7.04. The normalized spacial score (nSPS) is 15.9. The van der Waals surface area contributed by atoms with Gasteiger partial charge in [0.25, 0.3) is 0 Å². The number of rotatable bonds is 7. The number of hydrogen-bond acceptors (Lipinski definition) is 5. The second kappa shape index (κ2) is 9.86. The zero-order valence-corrected chi connectivity index (χ0v) is 19.8. The van der Waals surface area contributed by atoms with Gasteiger partial charge >= 0.3 is 6.36 Å². The fourth-order valence-electron chi connectivity index (χ4n) is 4.19. The van der Waals surface area contributed by atoms with Crippen LogP contribution in [0.2, 0.25) is 0 Å². The fourth-order valence-corrected chi connectivity index (χ4v) is 5.69. The second-order valence-corrected chi connectivity index (χ2v) is 10.3. The maximum absolute atomic E-state index is 13.1. The van der Waals surface area contributed by atoms with E-state index in [1.54, 1.807) is 29.3 Å². The average molecular weight is 511 g/mol. The van der Waals surface area contributed by atoms with Crippen LogP contribution in [-0.2, 0) is 21.4 Å². The number of aromatic nitrogens is 2. The maximum atomic E-state index is 13.1. The Morgan fingerprint density at radius 1 is 1.17 bits per heavy atom. The predicted molar refractivity (Wildman–Crippen MR) is 122 cm³/mol. The zero-order valence-electron chi connectivity index (χ0n) is 19.0. The second-order valence-electron chi connectivity index (χ2n) is 8.34. The summed E-state index contributed by atoms with van der Waals surface area (Å²) in [6.07, 6.45) is -2.37. The number of piperidine rings is 1. The van der Waals surface area contributed by atoms with E-state index >= 15 is 0 Å². The summed E-state index contributed by atoms with van der Waals surface area (Å²) >= 11 is 0. The van der Waals surface area contributed by atoms with Crippen LogP contribution < -0.4 is 4.74 Å². The summed E-state index contributed by atoms with van der Waals surface area (Å²) < 4.78 is 68.5. The largest absolute Gasteiger partial charge is 0.573 e. The molecule has 3 aromatic rings. The molecule has 4 rings (SSSR count). The number of benzene rings is 2. The van der Waals surface area contributed by atoms with Gasteiger partial charge in [0.05, 0.1) is 16.6 Å². The van der Waals surface area contributed by atoms with Crippen molar-refractivity contribution in [3.8, 4) is 5.75 Å². The first kappa shape index (κ1) is 25.0. The molecule has 1 aromatic heterocycles. The molecule has 188 valence electrons. The van der Waals surface area contributed by atoms with Gasteiger partial charge in [-0.2, -0.15) is 9.40 Å². The van der Waals surface area contributed by atoms with Gasteiger partial charge in [-0.15, -0.1) is 13.2 Å². The molecule has 1 saturated heterocycles. The minimum atomic E-state index is -4.76. The third kappa shape index (κ3) is 5.76. The van der Waals surface area contributed by atoms with E-state index in [0.717, 1.165) is 5.39 Å². The van der Waals surface area contributed by atoms with Crippen molar-refractivity contribution in [3.63, 3.8) is 0 Å². The molecule has 1 aliphatic heterocycles. The van der Waals surface area contributed by atoms with Crippen molar-refractivity contribution in [1.29, 1.82) is 0 Å². The van der Waals surface area contributed by atoms with Gasteiger partial charge in [0, 0.05) is 37.5 Å². The van der Waals surface area contributed by atoms with Gasteiger partial charge in [0.1, 0.15) is 5.75 Å². The van der Waals surface area contributed by atoms with Gasteiger partial charge in [-0.3, -0.25) is 9.89 Å². The highest BCUT2D eigenvalue weighted by Gasteiger charge is 2.34. The van der Waals surface area contributed by atoms with E-state index in [4.69, 9.17) is 0 Å². The molecule has 1 fully saturated rings. The Balaban J connectivity index is 1.36. The van der Waals surface area contributed by atoms with Crippen LogP contribution in [0.4, 0.5) is 13.2 Å². The molecule has 1 aliphatic rings. The van der Waals surface area contributed by atoms with Crippen LogP contribution in [0.5, 0.6) is 5.75 Å². The van der Waals surface area contributed by atoms with Crippen molar-refractivity contribution in [2.75, 3.05) is 19.6 Å². The molecule has 2 aromatic carbocycles. The number of sulfonamides is 1. The number of nitrogens with zero attached hydrogens (tertiary/aromatic N) is 3. The van der Waals surface area contributed by atoms with Crippen LogP contribution in [0.1, 0.15) is 25.3 Å². The van der Waals surface area contributed by atoms with E-state index < -0.39 is 16.4 Å². The minimum absolute atomic E-state index is 0.0981. The highest BCUT2D eigenvalue weighted by atomic mass is 32.2. The van der Waals surface area contributed by atoms with Gasteiger partial charge in [0.15, 0.2) is 0 Å². The van der Waals surface area contributed by atoms with Crippen LogP contribution in [0.3, 0.4) is 0 Å². The first-order chi connectivity index (χ1) is 16.6. The Morgan fingerprint density at radius 2 is 1.86 bits per heavy atom. The highest BCUT2D eigenvalue weighted by molar-refractivity contribution is 7.89. The first-order valence-electron chi connectivity index (χ1n) is 11.1. The fraction of sp³-hybridized carbons (Fsp3) is 0.391. The Morgan fingerprint density at radius 3 is 2.49 bits per heavy atom. The zero-order chi connectivity index (χ0) is 25.2. The molecule has 0 bridgehead atoms. The van der Waals surface area contributed by atoms with Crippen LogP contribution in [0.15, 0.2) is 53.6 Å². The summed E-state index contributed by atoms with van der Waals surface area (Å²) in [5.74, 6) is -0.751. The maximum Gasteiger partial charge on any atom is 0.573 e. The molecule has 35 heavy (non-hydrogen) atoms. The topological polar surface area (TPSA) is 95.6 Å². The van der Waals surface area contributed by atoms with E-state index in [1.807, 2.05) is 6.92 Å². The Labute approximate surface area is 200 Å². The highest BCUT2D eigenvalue weighted by Crippen LogP contribution is 2.28. The predicted octanol–water partition coefficient (Wildman–Crippen LogP) is 3.91.